The second-order valence-electron chi connectivity index (χ2n) is 20.6. The molecule has 0 amide bonds. The lowest BCUT2D eigenvalue weighted by Crippen LogP contribution is -2.30. The number of carbonyl (C=O) groups excluding carboxylic acids is 3. The average Bonchev–Trinajstić information content (AvgIpc) is 3.37. The van der Waals surface area contributed by atoms with Crippen LogP contribution in [0.4, 0.5) is 0 Å². The highest BCUT2D eigenvalue weighted by Gasteiger charge is 2.19. The molecule has 6 heteroatoms. The molecule has 0 aromatic carbocycles. The van der Waals surface area contributed by atoms with Crippen LogP contribution in [0.1, 0.15) is 316 Å². The van der Waals surface area contributed by atoms with E-state index in [2.05, 4.69) is 81.5 Å². The molecule has 0 aromatic rings. The van der Waals surface area contributed by atoms with Gasteiger partial charge < -0.3 is 14.2 Å². The van der Waals surface area contributed by atoms with Gasteiger partial charge in [0.05, 0.1) is 0 Å². The highest BCUT2D eigenvalue weighted by molar-refractivity contribution is 5.71. The first kappa shape index (κ1) is 68.1. The number of esters is 3. The van der Waals surface area contributed by atoms with Gasteiger partial charge in [-0.05, 0) is 83.5 Å². The van der Waals surface area contributed by atoms with Crippen LogP contribution in [0.15, 0.2) is 60.8 Å². The zero-order valence-electron chi connectivity index (χ0n) is 47.2. The molecule has 0 rings (SSSR count). The van der Waals surface area contributed by atoms with Crippen molar-refractivity contribution in [3.05, 3.63) is 60.8 Å². The van der Waals surface area contributed by atoms with Crippen molar-refractivity contribution in [2.75, 3.05) is 13.2 Å². The Labute approximate surface area is 440 Å². The first-order chi connectivity index (χ1) is 35.0. The summed E-state index contributed by atoms with van der Waals surface area (Å²) in [6.45, 7) is 6.46. The van der Waals surface area contributed by atoms with E-state index in [-0.39, 0.29) is 31.1 Å². The zero-order chi connectivity index (χ0) is 51.4. The van der Waals surface area contributed by atoms with E-state index in [0.29, 0.717) is 19.3 Å². The van der Waals surface area contributed by atoms with E-state index in [4.69, 9.17) is 14.2 Å². The third-order valence-electron chi connectivity index (χ3n) is 13.5. The Morgan fingerprint density at radius 1 is 0.296 bits per heavy atom. The summed E-state index contributed by atoms with van der Waals surface area (Å²) in [7, 11) is 0. The minimum absolute atomic E-state index is 0.0780. The van der Waals surface area contributed by atoms with Crippen LogP contribution in [0, 0.1) is 0 Å². The summed E-state index contributed by atoms with van der Waals surface area (Å²) in [5.41, 5.74) is 0. The molecule has 0 fully saturated rings. The first-order valence-corrected chi connectivity index (χ1v) is 30.8. The Morgan fingerprint density at radius 3 is 0.873 bits per heavy atom. The Morgan fingerprint density at radius 2 is 0.549 bits per heavy atom. The monoisotopic (exact) mass is 993 g/mol. The van der Waals surface area contributed by atoms with Gasteiger partial charge in [0.25, 0.3) is 0 Å². The van der Waals surface area contributed by atoms with Crippen LogP contribution in [0.25, 0.3) is 0 Å². The lowest BCUT2D eigenvalue weighted by atomic mass is 10.0. The zero-order valence-corrected chi connectivity index (χ0v) is 47.2. The van der Waals surface area contributed by atoms with Crippen molar-refractivity contribution in [2.24, 2.45) is 0 Å². The van der Waals surface area contributed by atoms with Gasteiger partial charge in [0, 0.05) is 19.3 Å². The molecule has 0 bridgehead atoms. The maximum absolute atomic E-state index is 12.8. The van der Waals surface area contributed by atoms with Crippen LogP contribution in [-0.2, 0) is 28.6 Å². The minimum atomic E-state index is -0.777. The maximum atomic E-state index is 12.8. The van der Waals surface area contributed by atoms with Crippen LogP contribution in [0.2, 0.25) is 0 Å². The van der Waals surface area contributed by atoms with Gasteiger partial charge >= 0.3 is 17.9 Å². The Bertz CT molecular complexity index is 1280. The third kappa shape index (κ3) is 57.9. The smallest absolute Gasteiger partial charge is 0.306 e. The fourth-order valence-electron chi connectivity index (χ4n) is 8.90. The van der Waals surface area contributed by atoms with Crippen molar-refractivity contribution in [3.63, 3.8) is 0 Å². The average molecular weight is 994 g/mol. The van der Waals surface area contributed by atoms with Gasteiger partial charge in [-0.3, -0.25) is 14.4 Å². The van der Waals surface area contributed by atoms with Crippen molar-refractivity contribution in [3.8, 4) is 0 Å². The van der Waals surface area contributed by atoms with Crippen molar-refractivity contribution < 1.29 is 28.6 Å². The molecule has 0 N–H and O–H groups in total. The highest BCUT2D eigenvalue weighted by Crippen LogP contribution is 2.17. The van der Waals surface area contributed by atoms with Crippen LogP contribution in [0.3, 0.4) is 0 Å². The molecule has 6 nitrogen and oxygen atoms in total. The van der Waals surface area contributed by atoms with E-state index >= 15 is 0 Å². The SMILES string of the molecule is CC/C=C\C/C=C\C/C=C\C/C=C\CCCCCCCCC(=O)OC(COC(=O)CCCCCCC)COC(=O)CCCCCCCCCCCCCCCCCCC/C=C\CCCCCCCCCC. The van der Waals surface area contributed by atoms with Crippen molar-refractivity contribution in [1.82, 2.24) is 0 Å². The van der Waals surface area contributed by atoms with Crippen LogP contribution in [-0.4, -0.2) is 37.2 Å². The molecule has 0 aliphatic heterocycles. The Kier molecular flexibility index (Phi) is 57.2. The molecule has 0 radical (unpaired) electrons. The number of rotatable bonds is 56. The van der Waals surface area contributed by atoms with E-state index in [1.165, 1.54) is 173 Å². The van der Waals surface area contributed by atoms with E-state index < -0.39 is 6.10 Å². The van der Waals surface area contributed by atoms with Crippen molar-refractivity contribution >= 4 is 17.9 Å². The molecule has 0 aromatic heterocycles. The van der Waals surface area contributed by atoms with Gasteiger partial charge in [0.1, 0.15) is 13.2 Å². The molecular formula is C65H116O6. The summed E-state index contributed by atoms with van der Waals surface area (Å²) in [6, 6.07) is 0. The predicted molar refractivity (Wildman–Crippen MR) is 307 cm³/mol. The summed E-state index contributed by atoms with van der Waals surface area (Å²) in [5.74, 6) is -0.895. The van der Waals surface area contributed by atoms with Crippen molar-refractivity contribution in [1.29, 1.82) is 0 Å². The highest BCUT2D eigenvalue weighted by atomic mass is 16.6. The number of hydrogen-bond acceptors (Lipinski definition) is 6. The number of carbonyl (C=O) groups is 3. The number of ether oxygens (including phenoxy) is 3. The number of unbranched alkanes of at least 4 members (excludes halogenated alkanes) is 35. The quantitative estimate of drug-likeness (QED) is 0.0261. The van der Waals surface area contributed by atoms with E-state index in [1.54, 1.807) is 0 Å². The van der Waals surface area contributed by atoms with E-state index in [9.17, 15) is 14.4 Å². The minimum Gasteiger partial charge on any atom is -0.462 e. The van der Waals surface area contributed by atoms with Crippen molar-refractivity contribution in [2.45, 2.75) is 322 Å². The fourth-order valence-corrected chi connectivity index (χ4v) is 8.90. The van der Waals surface area contributed by atoms with Gasteiger partial charge in [0.2, 0.25) is 0 Å². The summed E-state index contributed by atoms with van der Waals surface area (Å²) in [5, 5.41) is 0. The molecule has 0 aliphatic carbocycles. The van der Waals surface area contributed by atoms with E-state index in [0.717, 1.165) is 103 Å². The molecule has 0 heterocycles. The Hall–Kier alpha value is -2.89. The molecule has 0 saturated carbocycles. The molecular weight excluding hydrogens is 877 g/mol. The van der Waals surface area contributed by atoms with Gasteiger partial charge in [0.15, 0.2) is 6.10 Å². The summed E-state index contributed by atoms with van der Waals surface area (Å²) in [4.78, 5) is 37.8. The second kappa shape index (κ2) is 59.7. The molecule has 0 aliphatic rings. The topological polar surface area (TPSA) is 78.9 Å². The molecule has 0 saturated heterocycles. The molecule has 1 unspecified atom stereocenters. The standard InChI is InChI=1S/C65H116O6/c1-4-7-10-13-15-17-19-21-23-25-27-28-29-30-31-32-33-34-35-36-38-39-41-43-45-47-49-52-55-58-64(67)70-61-62(60-69-63(66)57-54-51-12-9-6-3)71-65(68)59-56-53-50-48-46-44-42-40-37-26-24-22-20-18-16-14-11-8-5-2/h8,11,16,18,22,24-25,27,37,40,62H,4-7,9-10,12-15,17,19-21,23,26,28-36,38-39,41-61H2,1-3H3/b11-8-,18-16-,24-22-,27-25-,40-37-. The summed E-state index contributed by atoms with van der Waals surface area (Å²) < 4.78 is 16.7. The van der Waals surface area contributed by atoms with Gasteiger partial charge in [-0.1, -0.05) is 274 Å². The van der Waals surface area contributed by atoms with Crippen LogP contribution >= 0.6 is 0 Å². The maximum Gasteiger partial charge on any atom is 0.306 e. The lowest BCUT2D eigenvalue weighted by molar-refractivity contribution is -0.167. The lowest BCUT2D eigenvalue weighted by Gasteiger charge is -2.18. The molecule has 1 atom stereocenters. The third-order valence-corrected chi connectivity index (χ3v) is 13.5. The van der Waals surface area contributed by atoms with Gasteiger partial charge in [-0.25, -0.2) is 0 Å². The van der Waals surface area contributed by atoms with Crippen LogP contribution < -0.4 is 0 Å². The van der Waals surface area contributed by atoms with Gasteiger partial charge in [-0.15, -0.1) is 0 Å². The fraction of sp³-hybridized carbons (Fsp3) is 0.800. The normalized spacial score (nSPS) is 12.4. The van der Waals surface area contributed by atoms with Gasteiger partial charge in [-0.2, -0.15) is 0 Å². The summed E-state index contributed by atoms with van der Waals surface area (Å²) in [6.07, 6.45) is 75.7. The van der Waals surface area contributed by atoms with Crippen LogP contribution in [0.5, 0.6) is 0 Å². The molecule has 0 spiro atoms. The molecule has 71 heavy (non-hydrogen) atoms. The van der Waals surface area contributed by atoms with E-state index in [1.807, 2.05) is 0 Å². The first-order valence-electron chi connectivity index (χ1n) is 30.8. The largest absolute Gasteiger partial charge is 0.462 e. The Balaban J connectivity index is 4.00. The predicted octanol–water partition coefficient (Wildman–Crippen LogP) is 20.8. The number of allylic oxidation sites excluding steroid dienone is 10. The second-order valence-corrected chi connectivity index (χ2v) is 20.6. The summed E-state index contributed by atoms with van der Waals surface area (Å²) >= 11 is 0. The molecule has 412 valence electrons. The number of hydrogen-bond donors (Lipinski definition) is 0.